The van der Waals surface area contributed by atoms with Crippen LogP contribution >= 0.6 is 0 Å². The highest BCUT2D eigenvalue weighted by Crippen LogP contribution is 2.38. The standard InChI is InChI=1S/C14H12F3NO3/c15-14(16,17)11-6-7-13(20-11)9-18(12(19)21-13)8-10-4-2-1-3-5-10/h1-7,11H,8-9H2. The zero-order valence-corrected chi connectivity index (χ0v) is 10.8. The molecule has 1 aromatic carbocycles. The maximum absolute atomic E-state index is 12.6. The largest absolute Gasteiger partial charge is 0.418 e. The van der Waals surface area contributed by atoms with Gasteiger partial charge >= 0.3 is 12.3 Å². The number of carbonyl (C=O) groups is 1. The predicted molar refractivity (Wildman–Crippen MR) is 66.1 cm³/mol. The van der Waals surface area contributed by atoms with Crippen LogP contribution in [0.15, 0.2) is 42.5 Å². The third-order valence-corrected chi connectivity index (χ3v) is 3.32. The van der Waals surface area contributed by atoms with E-state index in [0.29, 0.717) is 0 Å². The van der Waals surface area contributed by atoms with Gasteiger partial charge in [-0.25, -0.2) is 4.79 Å². The molecule has 21 heavy (non-hydrogen) atoms. The molecule has 0 aromatic heterocycles. The average Bonchev–Trinajstić information content (AvgIpc) is 2.95. The molecule has 0 N–H and O–H groups in total. The van der Waals surface area contributed by atoms with Crippen LogP contribution in [0.2, 0.25) is 0 Å². The van der Waals surface area contributed by atoms with Crippen molar-refractivity contribution in [2.45, 2.75) is 24.6 Å². The zero-order chi connectivity index (χ0) is 15.1. The molecule has 2 aliphatic heterocycles. The van der Waals surface area contributed by atoms with E-state index >= 15 is 0 Å². The molecular weight excluding hydrogens is 287 g/mol. The number of amides is 1. The van der Waals surface area contributed by atoms with Crippen molar-refractivity contribution in [1.29, 1.82) is 0 Å². The van der Waals surface area contributed by atoms with Crippen LogP contribution in [-0.2, 0) is 16.0 Å². The number of hydrogen-bond donors (Lipinski definition) is 0. The minimum absolute atomic E-state index is 0.0657. The van der Waals surface area contributed by atoms with Gasteiger partial charge in [0.1, 0.15) is 0 Å². The fraction of sp³-hybridized carbons (Fsp3) is 0.357. The molecule has 0 aliphatic carbocycles. The first kappa shape index (κ1) is 13.9. The van der Waals surface area contributed by atoms with Crippen LogP contribution in [0.5, 0.6) is 0 Å². The maximum Gasteiger partial charge on any atom is 0.418 e. The second-order valence-corrected chi connectivity index (χ2v) is 4.96. The first-order chi connectivity index (χ1) is 9.88. The Morgan fingerprint density at radius 3 is 2.62 bits per heavy atom. The summed E-state index contributed by atoms with van der Waals surface area (Å²) in [7, 11) is 0. The molecule has 1 fully saturated rings. The Bertz CT molecular complexity index is 573. The number of alkyl halides is 3. The van der Waals surface area contributed by atoms with Gasteiger partial charge in [0.25, 0.3) is 5.79 Å². The molecule has 112 valence electrons. The number of hydrogen-bond acceptors (Lipinski definition) is 3. The van der Waals surface area contributed by atoms with Crippen LogP contribution in [0.25, 0.3) is 0 Å². The molecule has 2 heterocycles. The van der Waals surface area contributed by atoms with Gasteiger partial charge in [0.15, 0.2) is 6.10 Å². The summed E-state index contributed by atoms with van der Waals surface area (Å²) in [5, 5.41) is 0. The summed E-state index contributed by atoms with van der Waals surface area (Å²) in [5.74, 6) is -1.63. The van der Waals surface area contributed by atoms with E-state index in [1.807, 2.05) is 30.3 Å². The Balaban J connectivity index is 1.70. The first-order valence-electron chi connectivity index (χ1n) is 6.34. The molecule has 1 amide bonds. The van der Waals surface area contributed by atoms with Crippen LogP contribution in [-0.4, -0.2) is 35.6 Å². The second kappa shape index (κ2) is 4.77. The van der Waals surface area contributed by atoms with Crippen LogP contribution in [0.3, 0.4) is 0 Å². The van der Waals surface area contributed by atoms with Crippen molar-refractivity contribution in [3.05, 3.63) is 48.0 Å². The molecule has 7 heteroatoms. The van der Waals surface area contributed by atoms with Crippen molar-refractivity contribution < 1.29 is 27.4 Å². The Morgan fingerprint density at radius 1 is 1.29 bits per heavy atom. The van der Waals surface area contributed by atoms with E-state index in [0.717, 1.165) is 17.7 Å². The number of rotatable bonds is 2. The summed E-state index contributed by atoms with van der Waals surface area (Å²) in [6, 6.07) is 9.12. The molecule has 3 rings (SSSR count). The summed E-state index contributed by atoms with van der Waals surface area (Å²) >= 11 is 0. The van der Waals surface area contributed by atoms with Crippen molar-refractivity contribution in [3.8, 4) is 0 Å². The lowest BCUT2D eigenvalue weighted by Gasteiger charge is -2.22. The van der Waals surface area contributed by atoms with Crippen molar-refractivity contribution in [2.75, 3.05) is 6.54 Å². The van der Waals surface area contributed by atoms with Gasteiger partial charge in [0, 0.05) is 6.54 Å². The number of nitrogens with zero attached hydrogens (tertiary/aromatic N) is 1. The SMILES string of the molecule is O=C1OC2(C=CC(C(F)(F)F)O2)CN1Cc1ccccc1. The topological polar surface area (TPSA) is 38.8 Å². The minimum Gasteiger partial charge on any atom is -0.411 e. The van der Waals surface area contributed by atoms with Gasteiger partial charge in [-0.05, 0) is 17.7 Å². The monoisotopic (exact) mass is 299 g/mol. The number of ether oxygens (including phenoxy) is 2. The normalized spacial score (nSPS) is 28.4. The Morgan fingerprint density at radius 2 is 2.00 bits per heavy atom. The van der Waals surface area contributed by atoms with Gasteiger partial charge in [-0.1, -0.05) is 30.3 Å². The first-order valence-corrected chi connectivity index (χ1v) is 6.34. The van der Waals surface area contributed by atoms with E-state index < -0.39 is 24.2 Å². The summed E-state index contributed by atoms with van der Waals surface area (Å²) < 4.78 is 47.7. The minimum atomic E-state index is -4.51. The summed E-state index contributed by atoms with van der Waals surface area (Å²) in [6.45, 7) is 0.194. The van der Waals surface area contributed by atoms with Gasteiger partial charge in [0.2, 0.25) is 0 Å². The fourth-order valence-corrected chi connectivity index (χ4v) is 2.35. The van der Waals surface area contributed by atoms with Crippen molar-refractivity contribution >= 4 is 6.09 Å². The molecule has 0 radical (unpaired) electrons. The maximum atomic E-state index is 12.6. The van der Waals surface area contributed by atoms with E-state index in [1.54, 1.807) is 0 Å². The molecular formula is C14H12F3NO3. The fourth-order valence-electron chi connectivity index (χ4n) is 2.35. The van der Waals surface area contributed by atoms with E-state index in [-0.39, 0.29) is 13.1 Å². The van der Waals surface area contributed by atoms with Crippen LogP contribution in [0.4, 0.5) is 18.0 Å². The lowest BCUT2D eigenvalue weighted by Crippen LogP contribution is -2.38. The number of benzene rings is 1. The van der Waals surface area contributed by atoms with Gasteiger partial charge in [-0.15, -0.1) is 0 Å². The van der Waals surface area contributed by atoms with E-state index in [9.17, 15) is 18.0 Å². The van der Waals surface area contributed by atoms with Crippen molar-refractivity contribution in [1.82, 2.24) is 4.90 Å². The highest BCUT2D eigenvalue weighted by molar-refractivity contribution is 5.71. The van der Waals surface area contributed by atoms with Gasteiger partial charge in [0.05, 0.1) is 6.54 Å². The van der Waals surface area contributed by atoms with E-state index in [1.165, 1.54) is 4.90 Å². The van der Waals surface area contributed by atoms with Crippen LogP contribution < -0.4 is 0 Å². The molecule has 1 spiro atoms. The molecule has 0 saturated carbocycles. The summed E-state index contributed by atoms with van der Waals surface area (Å²) in [6.07, 6.45) is -5.21. The Kier molecular flexibility index (Phi) is 3.16. The Hall–Kier alpha value is -2.02. The smallest absolute Gasteiger partial charge is 0.411 e. The van der Waals surface area contributed by atoms with E-state index in [4.69, 9.17) is 9.47 Å². The average molecular weight is 299 g/mol. The molecule has 0 bridgehead atoms. The quantitative estimate of drug-likeness (QED) is 0.788. The van der Waals surface area contributed by atoms with Gasteiger partial charge in [-0.2, -0.15) is 13.2 Å². The third kappa shape index (κ3) is 2.73. The van der Waals surface area contributed by atoms with Crippen molar-refractivity contribution in [2.24, 2.45) is 0 Å². The number of carbonyl (C=O) groups excluding carboxylic acids is 1. The number of halogens is 3. The summed E-state index contributed by atoms with van der Waals surface area (Å²) in [4.78, 5) is 13.1. The molecule has 4 nitrogen and oxygen atoms in total. The van der Waals surface area contributed by atoms with Gasteiger partial charge in [-0.3, -0.25) is 4.90 Å². The lowest BCUT2D eigenvalue weighted by atomic mass is 10.2. The molecule has 2 atom stereocenters. The van der Waals surface area contributed by atoms with Crippen LogP contribution in [0, 0.1) is 0 Å². The highest BCUT2D eigenvalue weighted by Gasteiger charge is 2.54. The van der Waals surface area contributed by atoms with Gasteiger partial charge < -0.3 is 9.47 Å². The van der Waals surface area contributed by atoms with E-state index in [2.05, 4.69) is 0 Å². The highest BCUT2D eigenvalue weighted by atomic mass is 19.4. The summed E-state index contributed by atoms with van der Waals surface area (Å²) in [5.41, 5.74) is 0.862. The van der Waals surface area contributed by atoms with Crippen LogP contribution in [0.1, 0.15) is 5.56 Å². The van der Waals surface area contributed by atoms with Crippen molar-refractivity contribution in [3.63, 3.8) is 0 Å². The molecule has 2 unspecified atom stereocenters. The molecule has 2 aliphatic rings. The lowest BCUT2D eigenvalue weighted by molar-refractivity contribution is -0.252. The Labute approximate surface area is 118 Å². The predicted octanol–water partition coefficient (Wildman–Crippen LogP) is 2.85. The molecule has 1 aromatic rings. The zero-order valence-electron chi connectivity index (χ0n) is 10.8. The molecule has 1 saturated heterocycles. The second-order valence-electron chi connectivity index (χ2n) is 4.96. The third-order valence-electron chi connectivity index (χ3n) is 3.32.